The summed E-state index contributed by atoms with van der Waals surface area (Å²) in [5, 5.41) is 8.14. The summed E-state index contributed by atoms with van der Waals surface area (Å²) in [5.74, 6) is 1.73. The van der Waals surface area contributed by atoms with Gasteiger partial charge < -0.3 is 14.2 Å². The van der Waals surface area contributed by atoms with E-state index in [2.05, 4.69) is 15.2 Å². The molecule has 2 aliphatic rings. The molecular formula is C16H21N5O3. The van der Waals surface area contributed by atoms with E-state index in [4.69, 9.17) is 9.26 Å². The van der Waals surface area contributed by atoms with Crippen molar-refractivity contribution in [2.75, 3.05) is 13.1 Å². The lowest BCUT2D eigenvalue weighted by Gasteiger charge is -2.35. The third-order valence-electron chi connectivity index (χ3n) is 4.54. The van der Waals surface area contributed by atoms with Crippen molar-refractivity contribution < 1.29 is 14.1 Å². The fourth-order valence-corrected chi connectivity index (χ4v) is 3.02. The molecule has 24 heavy (non-hydrogen) atoms. The van der Waals surface area contributed by atoms with E-state index in [1.54, 1.807) is 10.9 Å². The maximum Gasteiger partial charge on any atom is 0.257 e. The number of aryl methyl sites for hydroxylation is 1. The second kappa shape index (κ2) is 6.01. The Labute approximate surface area is 139 Å². The number of hydrogen-bond acceptors (Lipinski definition) is 6. The van der Waals surface area contributed by atoms with Crippen molar-refractivity contribution in [2.24, 2.45) is 7.05 Å². The van der Waals surface area contributed by atoms with Gasteiger partial charge in [-0.25, -0.2) is 0 Å². The van der Waals surface area contributed by atoms with Gasteiger partial charge in [0.05, 0.1) is 19.1 Å². The van der Waals surface area contributed by atoms with Gasteiger partial charge in [-0.1, -0.05) is 5.16 Å². The summed E-state index contributed by atoms with van der Waals surface area (Å²) in [6.45, 7) is 2.96. The van der Waals surface area contributed by atoms with Crippen LogP contribution in [-0.4, -0.2) is 49.9 Å². The molecule has 128 valence electrons. The molecule has 1 amide bonds. The predicted octanol–water partition coefficient (Wildman–Crippen LogP) is 1.21. The highest BCUT2D eigenvalue weighted by Gasteiger charge is 2.35. The van der Waals surface area contributed by atoms with Gasteiger partial charge in [-0.2, -0.15) is 10.1 Å². The van der Waals surface area contributed by atoms with Gasteiger partial charge in [0, 0.05) is 31.4 Å². The highest BCUT2D eigenvalue weighted by atomic mass is 16.5. The van der Waals surface area contributed by atoms with Crippen molar-refractivity contribution in [3.05, 3.63) is 29.7 Å². The molecule has 0 radical (unpaired) electrons. The SMILES string of the molecule is C[C@@H]1CN(C(=O)Cc2ccnn2C)C[C@H](c2nc(C3CC3)no2)O1. The Morgan fingerprint density at radius 2 is 2.21 bits per heavy atom. The summed E-state index contributed by atoms with van der Waals surface area (Å²) in [5.41, 5.74) is 0.893. The third-order valence-corrected chi connectivity index (χ3v) is 4.54. The number of ether oxygens (including phenoxy) is 1. The van der Waals surface area contributed by atoms with E-state index in [1.807, 2.05) is 24.9 Å². The Morgan fingerprint density at radius 3 is 2.92 bits per heavy atom. The van der Waals surface area contributed by atoms with Crippen LogP contribution < -0.4 is 0 Å². The highest BCUT2D eigenvalue weighted by molar-refractivity contribution is 5.78. The molecule has 8 nitrogen and oxygen atoms in total. The minimum atomic E-state index is -0.357. The minimum absolute atomic E-state index is 0.0562. The number of carbonyl (C=O) groups is 1. The normalized spacial score (nSPS) is 24.3. The molecule has 4 rings (SSSR count). The first-order valence-electron chi connectivity index (χ1n) is 8.33. The van der Waals surface area contributed by atoms with Crippen LogP contribution in [0.5, 0.6) is 0 Å². The van der Waals surface area contributed by atoms with Crippen molar-refractivity contribution in [1.82, 2.24) is 24.8 Å². The molecule has 1 aliphatic carbocycles. The Kier molecular flexibility index (Phi) is 3.84. The molecule has 0 aromatic carbocycles. The van der Waals surface area contributed by atoms with Gasteiger partial charge in [-0.15, -0.1) is 0 Å². The van der Waals surface area contributed by atoms with E-state index < -0.39 is 0 Å². The standard InChI is InChI=1S/C16H21N5O3/c1-10-8-21(14(22)7-12-5-6-17-20(12)2)9-13(23-10)16-18-15(19-24-16)11-3-4-11/h5-6,10-11,13H,3-4,7-9H2,1-2H3/t10-,13-/m1/s1. The first-order chi connectivity index (χ1) is 11.6. The summed E-state index contributed by atoms with van der Waals surface area (Å²) < 4.78 is 13.0. The van der Waals surface area contributed by atoms with Gasteiger partial charge in [0.15, 0.2) is 11.9 Å². The lowest BCUT2D eigenvalue weighted by Crippen LogP contribution is -2.46. The number of carbonyl (C=O) groups excluding carboxylic acids is 1. The van der Waals surface area contributed by atoms with Crippen LogP contribution >= 0.6 is 0 Å². The highest BCUT2D eigenvalue weighted by Crippen LogP contribution is 2.38. The molecular weight excluding hydrogens is 310 g/mol. The van der Waals surface area contributed by atoms with Gasteiger partial charge in [-0.05, 0) is 25.8 Å². The number of morpholine rings is 1. The zero-order chi connectivity index (χ0) is 16.7. The van der Waals surface area contributed by atoms with Crippen molar-refractivity contribution >= 4 is 5.91 Å². The summed E-state index contributed by atoms with van der Waals surface area (Å²) in [6.07, 6.45) is 3.84. The van der Waals surface area contributed by atoms with Crippen LogP contribution in [0.25, 0.3) is 0 Å². The third kappa shape index (κ3) is 3.06. The Bertz CT molecular complexity index is 736. The van der Waals surface area contributed by atoms with Crippen molar-refractivity contribution in [1.29, 1.82) is 0 Å². The number of amides is 1. The zero-order valence-corrected chi connectivity index (χ0v) is 13.9. The second-order valence-electron chi connectivity index (χ2n) is 6.62. The van der Waals surface area contributed by atoms with Gasteiger partial charge in [0.2, 0.25) is 5.91 Å². The van der Waals surface area contributed by atoms with Crippen molar-refractivity contribution in [2.45, 2.75) is 44.3 Å². The van der Waals surface area contributed by atoms with Crippen LogP contribution in [0.15, 0.2) is 16.8 Å². The predicted molar refractivity (Wildman–Crippen MR) is 83.1 cm³/mol. The smallest absolute Gasteiger partial charge is 0.257 e. The molecule has 0 bridgehead atoms. The number of hydrogen-bond donors (Lipinski definition) is 0. The van der Waals surface area contributed by atoms with E-state index in [0.29, 0.717) is 31.3 Å². The Morgan fingerprint density at radius 1 is 1.38 bits per heavy atom. The molecule has 2 fully saturated rings. The molecule has 1 saturated carbocycles. The molecule has 2 aromatic heterocycles. The van der Waals surface area contributed by atoms with Crippen LogP contribution in [0.3, 0.4) is 0 Å². The average Bonchev–Trinajstić information content (AvgIpc) is 3.15. The maximum absolute atomic E-state index is 12.6. The lowest BCUT2D eigenvalue weighted by atomic mass is 10.2. The average molecular weight is 331 g/mol. The van der Waals surface area contributed by atoms with Crippen LogP contribution in [0, 0.1) is 0 Å². The van der Waals surface area contributed by atoms with Gasteiger partial charge in [0.25, 0.3) is 5.89 Å². The van der Waals surface area contributed by atoms with Crippen molar-refractivity contribution in [3.63, 3.8) is 0 Å². The summed E-state index contributed by atoms with van der Waals surface area (Å²) in [7, 11) is 1.84. The zero-order valence-electron chi connectivity index (χ0n) is 13.9. The molecule has 0 N–H and O–H groups in total. The Hall–Kier alpha value is -2.22. The molecule has 0 spiro atoms. The molecule has 0 unspecified atom stereocenters. The second-order valence-corrected chi connectivity index (χ2v) is 6.62. The summed E-state index contributed by atoms with van der Waals surface area (Å²) in [4.78, 5) is 18.9. The monoisotopic (exact) mass is 331 g/mol. The number of rotatable bonds is 4. The molecule has 2 aromatic rings. The van der Waals surface area contributed by atoms with Crippen LogP contribution in [0.1, 0.15) is 49.2 Å². The number of aromatic nitrogens is 4. The molecule has 8 heteroatoms. The first kappa shape index (κ1) is 15.3. The van der Waals surface area contributed by atoms with Gasteiger partial charge in [0.1, 0.15) is 0 Å². The largest absolute Gasteiger partial charge is 0.362 e. The van der Waals surface area contributed by atoms with E-state index in [1.165, 1.54) is 0 Å². The van der Waals surface area contributed by atoms with E-state index >= 15 is 0 Å². The van der Waals surface area contributed by atoms with Gasteiger partial charge >= 0.3 is 0 Å². The molecule has 3 heterocycles. The van der Waals surface area contributed by atoms with E-state index in [9.17, 15) is 4.79 Å². The lowest BCUT2D eigenvalue weighted by molar-refractivity contribution is -0.146. The molecule has 2 atom stereocenters. The van der Waals surface area contributed by atoms with Crippen molar-refractivity contribution in [3.8, 4) is 0 Å². The maximum atomic E-state index is 12.6. The first-order valence-corrected chi connectivity index (χ1v) is 8.33. The van der Waals surface area contributed by atoms with Gasteiger partial charge in [-0.3, -0.25) is 9.48 Å². The van der Waals surface area contributed by atoms with Crippen LogP contribution in [0.2, 0.25) is 0 Å². The molecule has 1 saturated heterocycles. The van der Waals surface area contributed by atoms with Crippen LogP contribution in [-0.2, 0) is 23.0 Å². The minimum Gasteiger partial charge on any atom is -0.362 e. The molecule has 1 aliphatic heterocycles. The fraction of sp³-hybridized carbons (Fsp3) is 0.625. The fourth-order valence-electron chi connectivity index (χ4n) is 3.02. The van der Waals surface area contributed by atoms with Crippen LogP contribution in [0.4, 0.5) is 0 Å². The topological polar surface area (TPSA) is 86.3 Å². The van der Waals surface area contributed by atoms with E-state index in [-0.39, 0.29) is 18.1 Å². The Balaban J connectivity index is 1.45. The summed E-state index contributed by atoms with van der Waals surface area (Å²) in [6, 6.07) is 1.86. The number of nitrogens with zero attached hydrogens (tertiary/aromatic N) is 5. The quantitative estimate of drug-likeness (QED) is 0.837. The van der Waals surface area contributed by atoms with E-state index in [0.717, 1.165) is 24.4 Å². The summed E-state index contributed by atoms with van der Waals surface area (Å²) >= 11 is 0.